The number of alkyl halides is 1. The van der Waals surface area contributed by atoms with Crippen LogP contribution in [-0.2, 0) is 16.0 Å². The zero-order valence-electron chi connectivity index (χ0n) is 10.1. The van der Waals surface area contributed by atoms with Gasteiger partial charge in [0.2, 0.25) is 11.6 Å². The lowest BCUT2D eigenvalue weighted by Gasteiger charge is -2.17. The second-order valence-electron chi connectivity index (χ2n) is 4.64. The fraction of sp³-hybridized carbons (Fsp3) is 0.385. The minimum Gasteiger partial charge on any atom is -0.479 e. The summed E-state index contributed by atoms with van der Waals surface area (Å²) in [5.41, 5.74) is -1.44. The van der Waals surface area contributed by atoms with Crippen LogP contribution < -0.4 is 0 Å². The van der Waals surface area contributed by atoms with Crippen molar-refractivity contribution in [1.82, 2.24) is 4.90 Å². The van der Waals surface area contributed by atoms with Crippen molar-refractivity contribution in [3.05, 3.63) is 33.4 Å². The highest BCUT2D eigenvalue weighted by Gasteiger charge is 2.46. The van der Waals surface area contributed by atoms with Crippen LogP contribution in [0.3, 0.4) is 0 Å². The number of carboxylic acids is 1. The molecule has 6 heteroatoms. The van der Waals surface area contributed by atoms with E-state index < -0.39 is 11.6 Å². The summed E-state index contributed by atoms with van der Waals surface area (Å²) in [7, 11) is 0. The van der Waals surface area contributed by atoms with E-state index in [4.69, 9.17) is 5.11 Å². The van der Waals surface area contributed by atoms with Gasteiger partial charge in [0.05, 0.1) is 13.0 Å². The molecule has 1 saturated heterocycles. The largest absolute Gasteiger partial charge is 0.479 e. The van der Waals surface area contributed by atoms with Gasteiger partial charge in [0.15, 0.2) is 0 Å². The molecule has 1 heterocycles. The van der Waals surface area contributed by atoms with Crippen LogP contribution in [0, 0.1) is 3.57 Å². The Kier molecular flexibility index (Phi) is 4.07. The second kappa shape index (κ2) is 5.44. The number of halogens is 2. The van der Waals surface area contributed by atoms with Crippen molar-refractivity contribution < 1.29 is 19.1 Å². The molecular formula is C13H13FINO3. The SMILES string of the molecule is O=C(Cc1cccc(I)c1)N1CCC(F)(C(=O)O)C1. The highest BCUT2D eigenvalue weighted by molar-refractivity contribution is 14.1. The first-order valence-electron chi connectivity index (χ1n) is 5.85. The fourth-order valence-corrected chi connectivity index (χ4v) is 2.70. The molecule has 0 spiro atoms. The summed E-state index contributed by atoms with van der Waals surface area (Å²) < 4.78 is 14.9. The molecule has 1 atom stereocenters. The van der Waals surface area contributed by atoms with Gasteiger partial charge in [-0.25, -0.2) is 9.18 Å². The summed E-state index contributed by atoms with van der Waals surface area (Å²) in [5, 5.41) is 8.78. The van der Waals surface area contributed by atoms with Crippen LogP contribution in [0.25, 0.3) is 0 Å². The van der Waals surface area contributed by atoms with Crippen molar-refractivity contribution >= 4 is 34.5 Å². The Hall–Kier alpha value is -1.18. The Morgan fingerprint density at radius 2 is 2.21 bits per heavy atom. The zero-order valence-corrected chi connectivity index (χ0v) is 12.3. The number of carbonyl (C=O) groups excluding carboxylic acids is 1. The van der Waals surface area contributed by atoms with Gasteiger partial charge in [-0.3, -0.25) is 4.79 Å². The van der Waals surface area contributed by atoms with Crippen LogP contribution in [-0.4, -0.2) is 40.6 Å². The van der Waals surface area contributed by atoms with Gasteiger partial charge in [-0.15, -0.1) is 0 Å². The Morgan fingerprint density at radius 1 is 1.47 bits per heavy atom. The second-order valence-corrected chi connectivity index (χ2v) is 5.89. The van der Waals surface area contributed by atoms with Gasteiger partial charge in [0.25, 0.3) is 0 Å². The van der Waals surface area contributed by atoms with E-state index in [0.29, 0.717) is 0 Å². The third kappa shape index (κ3) is 3.23. The fourth-order valence-electron chi connectivity index (χ4n) is 2.09. The number of likely N-dealkylation sites (tertiary alicyclic amines) is 1. The lowest BCUT2D eigenvalue weighted by atomic mass is 10.1. The standard InChI is InChI=1S/C13H13FINO3/c14-13(12(18)19)4-5-16(8-13)11(17)7-9-2-1-3-10(15)6-9/h1-3,6H,4-5,7-8H2,(H,18,19). The highest BCUT2D eigenvalue weighted by Crippen LogP contribution is 2.26. The lowest BCUT2D eigenvalue weighted by Crippen LogP contribution is -2.39. The van der Waals surface area contributed by atoms with E-state index in [9.17, 15) is 14.0 Å². The maximum atomic E-state index is 13.9. The number of amides is 1. The number of carbonyl (C=O) groups is 2. The Bertz CT molecular complexity index is 522. The average molecular weight is 377 g/mol. The van der Waals surface area contributed by atoms with Crippen LogP contribution in [0.15, 0.2) is 24.3 Å². The topological polar surface area (TPSA) is 57.6 Å². The molecule has 1 fully saturated rings. The predicted octanol–water partition coefficient (Wildman–Crippen LogP) is 1.86. The minimum absolute atomic E-state index is 0.138. The summed E-state index contributed by atoms with van der Waals surface area (Å²) in [4.78, 5) is 24.1. The van der Waals surface area contributed by atoms with Crippen molar-refractivity contribution in [2.24, 2.45) is 0 Å². The van der Waals surface area contributed by atoms with Gasteiger partial charge in [-0.2, -0.15) is 0 Å². The molecule has 1 aliphatic rings. The molecular weight excluding hydrogens is 364 g/mol. The monoisotopic (exact) mass is 377 g/mol. The third-order valence-electron chi connectivity index (χ3n) is 3.20. The molecule has 0 radical (unpaired) electrons. The van der Waals surface area contributed by atoms with Crippen molar-refractivity contribution in [3.8, 4) is 0 Å². The Balaban J connectivity index is 2.01. The summed E-state index contributed by atoms with van der Waals surface area (Å²) in [5.74, 6) is -1.72. The Labute approximate surface area is 123 Å². The third-order valence-corrected chi connectivity index (χ3v) is 3.87. The number of rotatable bonds is 3. The highest BCUT2D eigenvalue weighted by atomic mass is 127. The lowest BCUT2D eigenvalue weighted by molar-refractivity contribution is -0.150. The summed E-state index contributed by atoms with van der Waals surface area (Å²) in [6, 6.07) is 7.48. The summed E-state index contributed by atoms with van der Waals surface area (Å²) in [6.45, 7) is -0.198. The number of hydrogen-bond donors (Lipinski definition) is 1. The quantitative estimate of drug-likeness (QED) is 0.819. The molecule has 1 unspecified atom stereocenters. The average Bonchev–Trinajstić information content (AvgIpc) is 2.73. The zero-order chi connectivity index (χ0) is 14.0. The summed E-state index contributed by atoms with van der Waals surface area (Å²) in [6.07, 6.45) is 0.0347. The molecule has 1 aliphatic heterocycles. The minimum atomic E-state index is -2.29. The molecule has 0 bridgehead atoms. The van der Waals surface area contributed by atoms with Crippen molar-refractivity contribution in [2.45, 2.75) is 18.5 Å². The van der Waals surface area contributed by atoms with E-state index in [1.54, 1.807) is 0 Å². The van der Waals surface area contributed by atoms with E-state index in [2.05, 4.69) is 22.6 Å². The Morgan fingerprint density at radius 3 is 2.79 bits per heavy atom. The maximum Gasteiger partial charge on any atom is 0.343 e. The van der Waals surface area contributed by atoms with Crippen LogP contribution in [0.4, 0.5) is 4.39 Å². The molecule has 0 saturated carbocycles. The van der Waals surface area contributed by atoms with Gasteiger partial charge in [0, 0.05) is 16.5 Å². The molecule has 0 aromatic heterocycles. The molecule has 1 amide bonds. The van der Waals surface area contributed by atoms with Gasteiger partial charge in [0.1, 0.15) is 0 Å². The van der Waals surface area contributed by atoms with Crippen LogP contribution >= 0.6 is 22.6 Å². The molecule has 1 N–H and O–H groups in total. The number of nitrogens with zero attached hydrogens (tertiary/aromatic N) is 1. The van der Waals surface area contributed by atoms with Crippen molar-refractivity contribution in [1.29, 1.82) is 0 Å². The normalized spacial score (nSPS) is 22.5. The first kappa shape index (κ1) is 14.2. The van der Waals surface area contributed by atoms with Gasteiger partial charge in [-0.05, 0) is 40.3 Å². The van der Waals surface area contributed by atoms with Gasteiger partial charge >= 0.3 is 5.97 Å². The summed E-state index contributed by atoms with van der Waals surface area (Å²) >= 11 is 2.15. The number of hydrogen-bond acceptors (Lipinski definition) is 2. The maximum absolute atomic E-state index is 13.9. The van der Waals surface area contributed by atoms with E-state index in [1.165, 1.54) is 4.90 Å². The smallest absolute Gasteiger partial charge is 0.343 e. The molecule has 1 aromatic rings. The van der Waals surface area contributed by atoms with E-state index in [1.807, 2.05) is 24.3 Å². The van der Waals surface area contributed by atoms with Gasteiger partial charge < -0.3 is 10.0 Å². The van der Waals surface area contributed by atoms with Crippen molar-refractivity contribution in [2.75, 3.05) is 13.1 Å². The molecule has 4 nitrogen and oxygen atoms in total. The molecule has 1 aromatic carbocycles. The number of benzene rings is 1. The van der Waals surface area contributed by atoms with Crippen LogP contribution in [0.1, 0.15) is 12.0 Å². The molecule has 0 aliphatic carbocycles. The van der Waals surface area contributed by atoms with Gasteiger partial charge in [-0.1, -0.05) is 12.1 Å². The molecule has 102 valence electrons. The first-order chi connectivity index (χ1) is 8.90. The van der Waals surface area contributed by atoms with E-state index in [0.717, 1.165) is 9.13 Å². The molecule has 2 rings (SSSR count). The van der Waals surface area contributed by atoms with Crippen molar-refractivity contribution in [3.63, 3.8) is 0 Å². The first-order valence-corrected chi connectivity index (χ1v) is 6.93. The predicted molar refractivity (Wildman–Crippen MR) is 75.5 cm³/mol. The van der Waals surface area contributed by atoms with Crippen LogP contribution in [0.5, 0.6) is 0 Å². The molecule has 19 heavy (non-hydrogen) atoms. The number of aliphatic carboxylic acids is 1. The number of carboxylic acid groups (broad SMARTS) is 1. The van der Waals surface area contributed by atoms with Crippen LogP contribution in [0.2, 0.25) is 0 Å². The van der Waals surface area contributed by atoms with E-state index in [-0.39, 0.29) is 31.8 Å². The van der Waals surface area contributed by atoms with E-state index >= 15 is 0 Å².